The van der Waals surface area contributed by atoms with E-state index in [2.05, 4.69) is 42.5 Å². The Bertz CT molecular complexity index is 348. The molecule has 3 aliphatic carbocycles. The van der Waals surface area contributed by atoms with Crippen molar-refractivity contribution in [2.24, 2.45) is 11.8 Å². The summed E-state index contributed by atoms with van der Waals surface area (Å²) >= 11 is 1.68. The zero-order chi connectivity index (χ0) is 10.0. The van der Waals surface area contributed by atoms with E-state index in [1.807, 2.05) is 6.26 Å². The third-order valence-electron chi connectivity index (χ3n) is 2.98. The lowest BCUT2D eigenvalue weighted by Gasteiger charge is -2.36. The summed E-state index contributed by atoms with van der Waals surface area (Å²) in [5.41, 5.74) is 0. The van der Waals surface area contributed by atoms with Crippen LogP contribution in [0.25, 0.3) is 0 Å². The molecule has 0 heterocycles. The second-order valence-corrected chi connectivity index (χ2v) is 4.89. The summed E-state index contributed by atoms with van der Waals surface area (Å²) in [6.45, 7) is 0. The number of hydrogen-bond acceptors (Lipinski definition) is 2. The third-order valence-corrected chi connectivity index (χ3v) is 4.24. The van der Waals surface area contributed by atoms with Gasteiger partial charge in [0.05, 0.1) is 6.07 Å². The first-order valence-electron chi connectivity index (χ1n) is 4.80. The van der Waals surface area contributed by atoms with Crippen LogP contribution in [0.15, 0.2) is 36.5 Å². The summed E-state index contributed by atoms with van der Waals surface area (Å²) in [4.78, 5) is 0. The first-order chi connectivity index (χ1) is 6.80. The molecular formula is C12H13NS. The zero-order valence-corrected chi connectivity index (χ0v) is 9.00. The summed E-state index contributed by atoms with van der Waals surface area (Å²) in [7, 11) is 0. The Balaban J connectivity index is 2.42. The van der Waals surface area contributed by atoms with Gasteiger partial charge in [-0.2, -0.15) is 5.26 Å². The smallest absolute Gasteiger partial charge is 0.113 e. The van der Waals surface area contributed by atoms with Crippen molar-refractivity contribution < 1.29 is 0 Å². The van der Waals surface area contributed by atoms with Crippen molar-refractivity contribution in [2.75, 3.05) is 6.26 Å². The predicted molar refractivity (Wildman–Crippen MR) is 60.9 cm³/mol. The fraction of sp³-hybridized carbons (Fsp3) is 0.417. The van der Waals surface area contributed by atoms with Crippen LogP contribution in [0.2, 0.25) is 0 Å². The highest BCUT2D eigenvalue weighted by Crippen LogP contribution is 2.43. The Hall–Kier alpha value is -0.940. The highest BCUT2D eigenvalue weighted by Gasteiger charge is 2.40. The van der Waals surface area contributed by atoms with Crippen molar-refractivity contribution in [2.45, 2.75) is 11.2 Å². The summed E-state index contributed by atoms with van der Waals surface area (Å²) in [5, 5.41) is 9.32. The quantitative estimate of drug-likeness (QED) is 0.612. The maximum atomic E-state index is 9.32. The van der Waals surface area contributed by atoms with Gasteiger partial charge >= 0.3 is 0 Å². The molecule has 0 radical (unpaired) electrons. The van der Waals surface area contributed by atoms with Crippen LogP contribution in [0.4, 0.5) is 0 Å². The van der Waals surface area contributed by atoms with Crippen molar-refractivity contribution in [1.82, 2.24) is 0 Å². The lowest BCUT2D eigenvalue weighted by molar-refractivity contribution is 0.499. The average Bonchev–Trinajstić information content (AvgIpc) is 2.18. The predicted octanol–water partition coefficient (Wildman–Crippen LogP) is 2.93. The van der Waals surface area contributed by atoms with Crippen molar-refractivity contribution in [3.63, 3.8) is 0 Å². The van der Waals surface area contributed by atoms with Crippen LogP contribution >= 0.6 is 11.8 Å². The molecule has 72 valence electrons. The zero-order valence-electron chi connectivity index (χ0n) is 8.18. The van der Waals surface area contributed by atoms with Gasteiger partial charge in [-0.05, 0) is 18.6 Å². The molecule has 0 aromatic heterocycles. The lowest BCUT2D eigenvalue weighted by atomic mass is 9.77. The fourth-order valence-electron chi connectivity index (χ4n) is 2.10. The number of hydrogen-bond donors (Lipinski definition) is 0. The van der Waals surface area contributed by atoms with Gasteiger partial charge in [0.15, 0.2) is 0 Å². The highest BCUT2D eigenvalue weighted by atomic mass is 32.2. The van der Waals surface area contributed by atoms with Crippen LogP contribution in [0.1, 0.15) is 6.42 Å². The van der Waals surface area contributed by atoms with E-state index in [1.165, 1.54) is 0 Å². The summed E-state index contributed by atoms with van der Waals surface area (Å²) in [6, 6.07) is 2.49. The summed E-state index contributed by atoms with van der Waals surface area (Å²) in [6.07, 6.45) is 15.8. The minimum absolute atomic E-state index is 0.249. The van der Waals surface area contributed by atoms with Gasteiger partial charge in [-0.15, -0.1) is 11.8 Å². The molecule has 0 aromatic carbocycles. The maximum absolute atomic E-state index is 9.32. The molecule has 1 nitrogen and oxygen atoms in total. The van der Waals surface area contributed by atoms with Gasteiger partial charge in [0, 0.05) is 5.92 Å². The Morgan fingerprint density at radius 2 is 2.07 bits per heavy atom. The molecule has 0 aliphatic heterocycles. The van der Waals surface area contributed by atoms with E-state index >= 15 is 0 Å². The molecule has 0 spiro atoms. The molecule has 0 aromatic rings. The number of rotatable bonds is 1. The molecule has 0 saturated heterocycles. The molecule has 14 heavy (non-hydrogen) atoms. The largest absolute Gasteiger partial charge is 0.197 e. The monoisotopic (exact) mass is 203 g/mol. The van der Waals surface area contributed by atoms with Crippen molar-refractivity contribution >= 4 is 11.8 Å². The van der Waals surface area contributed by atoms with Gasteiger partial charge in [0.25, 0.3) is 0 Å². The van der Waals surface area contributed by atoms with Gasteiger partial charge in [0.1, 0.15) is 4.75 Å². The van der Waals surface area contributed by atoms with E-state index in [4.69, 9.17) is 0 Å². The molecule has 2 bridgehead atoms. The standard InChI is InChI=1S/C12H13NS/c1-14-12(9-13)8-10-4-2-3-5-11(12)7-6-10/h2-7,10-11H,8H2,1H3/b4-2?,5-3-/t10-,11+,12+/m0/s1. The third kappa shape index (κ3) is 1.42. The number of nitriles is 1. The molecule has 0 amide bonds. The van der Waals surface area contributed by atoms with Crippen LogP contribution in [0, 0.1) is 23.2 Å². The van der Waals surface area contributed by atoms with Crippen LogP contribution < -0.4 is 0 Å². The second kappa shape index (κ2) is 3.67. The molecular weight excluding hydrogens is 190 g/mol. The molecule has 0 unspecified atom stereocenters. The number of allylic oxidation sites excluding steroid dienone is 6. The van der Waals surface area contributed by atoms with Crippen LogP contribution in [0.5, 0.6) is 0 Å². The van der Waals surface area contributed by atoms with E-state index in [0.717, 1.165) is 6.42 Å². The Morgan fingerprint density at radius 3 is 2.79 bits per heavy atom. The molecule has 3 rings (SSSR count). The molecule has 2 heteroatoms. The number of thioether (sulfide) groups is 1. The van der Waals surface area contributed by atoms with E-state index < -0.39 is 0 Å². The highest BCUT2D eigenvalue weighted by molar-refractivity contribution is 8.00. The molecule has 3 atom stereocenters. The SMILES string of the molecule is CS[C@@]1(C#N)C[C@H]2C=C/C=C\[C@@H]1C=C2. The fourth-order valence-corrected chi connectivity index (χ4v) is 2.98. The van der Waals surface area contributed by atoms with Crippen LogP contribution in [-0.2, 0) is 0 Å². The molecule has 0 saturated carbocycles. The topological polar surface area (TPSA) is 23.8 Å². The second-order valence-electron chi connectivity index (χ2n) is 3.75. The van der Waals surface area contributed by atoms with Crippen LogP contribution in [0.3, 0.4) is 0 Å². The minimum atomic E-state index is -0.249. The molecule has 0 N–H and O–H groups in total. The summed E-state index contributed by atoms with van der Waals surface area (Å²) in [5.74, 6) is 0.701. The minimum Gasteiger partial charge on any atom is -0.197 e. The Kier molecular flexibility index (Phi) is 2.52. The number of nitrogens with zero attached hydrogens (tertiary/aromatic N) is 1. The molecule has 3 aliphatic rings. The van der Waals surface area contributed by atoms with E-state index in [0.29, 0.717) is 5.92 Å². The van der Waals surface area contributed by atoms with E-state index in [9.17, 15) is 5.26 Å². The summed E-state index contributed by atoms with van der Waals surface area (Å²) < 4.78 is -0.249. The van der Waals surface area contributed by atoms with Crippen LogP contribution in [-0.4, -0.2) is 11.0 Å². The van der Waals surface area contributed by atoms with Gasteiger partial charge in [0.2, 0.25) is 0 Å². The average molecular weight is 203 g/mol. The number of fused-ring (bicyclic) bond motifs is 2. The van der Waals surface area contributed by atoms with E-state index in [1.54, 1.807) is 11.8 Å². The van der Waals surface area contributed by atoms with E-state index in [-0.39, 0.29) is 10.7 Å². The maximum Gasteiger partial charge on any atom is 0.113 e. The van der Waals surface area contributed by atoms with Crippen molar-refractivity contribution in [3.05, 3.63) is 36.5 Å². The van der Waals surface area contributed by atoms with Gasteiger partial charge in [-0.3, -0.25) is 0 Å². The Morgan fingerprint density at radius 1 is 1.29 bits per heavy atom. The molecule has 0 fully saturated rings. The van der Waals surface area contributed by atoms with Crippen molar-refractivity contribution in [3.8, 4) is 6.07 Å². The lowest BCUT2D eigenvalue weighted by Crippen LogP contribution is -2.35. The normalized spacial score (nSPS) is 41.4. The first kappa shape index (κ1) is 9.61. The first-order valence-corrected chi connectivity index (χ1v) is 6.03. The van der Waals surface area contributed by atoms with Gasteiger partial charge in [-0.25, -0.2) is 0 Å². The van der Waals surface area contributed by atoms with Gasteiger partial charge in [-0.1, -0.05) is 36.5 Å². The van der Waals surface area contributed by atoms with Gasteiger partial charge < -0.3 is 0 Å². The Labute approximate surface area is 89.2 Å². The van der Waals surface area contributed by atoms with Crippen molar-refractivity contribution in [1.29, 1.82) is 5.26 Å².